The fraction of sp³-hybridized carbons (Fsp3) is 0.571. The number of phenolic OH excluding ortho intramolecular Hbond substituents is 2. The number of methoxy groups -OCH3 is 1. The van der Waals surface area contributed by atoms with Crippen molar-refractivity contribution in [3.8, 4) is 17.2 Å². The van der Waals surface area contributed by atoms with E-state index in [1.54, 1.807) is 16.9 Å². The number of fused-ring (bicyclic) bond motifs is 3. The number of esters is 1. The van der Waals surface area contributed by atoms with Crippen molar-refractivity contribution in [3.63, 3.8) is 0 Å². The van der Waals surface area contributed by atoms with Crippen LogP contribution in [0.5, 0.6) is 17.2 Å². The van der Waals surface area contributed by atoms with E-state index < -0.39 is 6.10 Å². The zero-order chi connectivity index (χ0) is 26.5. The van der Waals surface area contributed by atoms with Crippen molar-refractivity contribution < 1.29 is 29.3 Å². The molecule has 0 bridgehead atoms. The van der Waals surface area contributed by atoms with Crippen LogP contribution in [-0.4, -0.2) is 51.2 Å². The summed E-state index contributed by atoms with van der Waals surface area (Å²) in [4.78, 5) is 29.0. The summed E-state index contributed by atoms with van der Waals surface area (Å²) in [6.45, 7) is 3.56. The molecule has 1 aromatic carbocycles. The Morgan fingerprint density at radius 1 is 1.22 bits per heavy atom. The summed E-state index contributed by atoms with van der Waals surface area (Å²) in [5.41, 5.74) is 2.72. The van der Waals surface area contributed by atoms with Crippen LogP contribution >= 0.6 is 21.6 Å². The number of carbonyl (C=O) groups is 2. The van der Waals surface area contributed by atoms with Crippen LogP contribution in [0, 0.1) is 5.92 Å². The Bertz CT molecular complexity index is 1090. The van der Waals surface area contributed by atoms with Gasteiger partial charge in [-0.1, -0.05) is 41.4 Å². The highest BCUT2D eigenvalue weighted by molar-refractivity contribution is 8.77. The highest BCUT2D eigenvalue weighted by Crippen LogP contribution is 2.52. The maximum absolute atomic E-state index is 13.6. The number of H-pyrrole nitrogens is 1. The molecule has 0 amide bonds. The number of aromatic amines is 1. The molecule has 5 atom stereocenters. The van der Waals surface area contributed by atoms with E-state index >= 15 is 0 Å². The molecule has 1 aromatic heterocycles. The molecular weight excluding hydrogens is 510 g/mol. The molecule has 1 aliphatic heterocycles. The number of phenols is 2. The van der Waals surface area contributed by atoms with E-state index in [0.29, 0.717) is 12.0 Å². The van der Waals surface area contributed by atoms with Gasteiger partial charge >= 0.3 is 5.97 Å². The average Bonchev–Trinajstić information content (AvgIpc) is 3.39. The normalized spacial score (nSPS) is 26.5. The summed E-state index contributed by atoms with van der Waals surface area (Å²) in [5.74, 6) is 0.350. The number of rotatable bonds is 6. The second-order valence-electron chi connectivity index (χ2n) is 10.1. The van der Waals surface area contributed by atoms with Crippen LogP contribution in [0.25, 0.3) is 0 Å². The number of hydrogen-bond acceptors (Lipinski definition) is 8. The smallest absolute Gasteiger partial charge is 0.302 e. The number of hydrogen-bond donors (Lipinski definition) is 3. The van der Waals surface area contributed by atoms with Crippen molar-refractivity contribution in [2.24, 2.45) is 5.92 Å². The van der Waals surface area contributed by atoms with Gasteiger partial charge in [-0.2, -0.15) is 0 Å². The number of carbonyl (C=O) groups excluding carboxylic acids is 2. The monoisotopic (exact) mass is 547 g/mol. The third-order valence-electron chi connectivity index (χ3n) is 7.69. The van der Waals surface area contributed by atoms with Crippen molar-refractivity contribution in [1.82, 2.24) is 4.98 Å². The highest BCUT2D eigenvalue weighted by Gasteiger charge is 2.39. The summed E-state index contributed by atoms with van der Waals surface area (Å²) in [7, 11) is 5.07. The Balaban J connectivity index is 1.72. The van der Waals surface area contributed by atoms with Crippen molar-refractivity contribution in [2.45, 2.75) is 82.0 Å². The first kappa shape index (κ1) is 27.8. The molecule has 0 spiro atoms. The van der Waals surface area contributed by atoms with Gasteiger partial charge in [0.1, 0.15) is 11.9 Å². The number of aromatic hydroxyl groups is 2. The largest absolute Gasteiger partial charge is 0.504 e. The Labute approximate surface area is 226 Å². The number of ether oxygens (including phenoxy) is 2. The molecule has 2 heterocycles. The van der Waals surface area contributed by atoms with Crippen LogP contribution < -0.4 is 4.74 Å². The molecule has 1 saturated heterocycles. The Kier molecular flexibility index (Phi) is 9.40. The highest BCUT2D eigenvalue weighted by atomic mass is 33.1. The predicted octanol–water partition coefficient (Wildman–Crippen LogP) is 6.10. The number of aromatic nitrogens is 1. The first-order valence-corrected chi connectivity index (χ1v) is 15.4. The summed E-state index contributed by atoms with van der Waals surface area (Å²) in [5, 5.41) is 21.2. The minimum Gasteiger partial charge on any atom is -0.504 e. The molecule has 0 saturated carbocycles. The van der Waals surface area contributed by atoms with E-state index in [1.165, 1.54) is 19.6 Å². The maximum Gasteiger partial charge on any atom is 0.302 e. The zero-order valence-corrected chi connectivity index (χ0v) is 23.3. The lowest BCUT2D eigenvalue weighted by molar-refractivity contribution is -0.151. The van der Waals surface area contributed by atoms with Crippen molar-refractivity contribution in [3.05, 3.63) is 41.2 Å². The Hall–Kier alpha value is -2.26. The van der Waals surface area contributed by atoms with E-state index in [-0.39, 0.29) is 64.8 Å². The minimum absolute atomic E-state index is 0.0326. The summed E-state index contributed by atoms with van der Waals surface area (Å²) >= 11 is 0. The quantitative estimate of drug-likeness (QED) is 0.226. The maximum atomic E-state index is 13.6. The van der Waals surface area contributed by atoms with Crippen molar-refractivity contribution in [1.29, 1.82) is 0 Å². The molecule has 3 N–H and O–H groups in total. The molecule has 1 aliphatic carbocycles. The second-order valence-corrected chi connectivity index (χ2v) is 12.7. The average molecular weight is 548 g/mol. The van der Waals surface area contributed by atoms with E-state index in [0.717, 1.165) is 37.0 Å². The third kappa shape index (κ3) is 6.25. The van der Waals surface area contributed by atoms with Gasteiger partial charge in [-0.3, -0.25) is 9.59 Å². The van der Waals surface area contributed by atoms with Gasteiger partial charge in [0.05, 0.1) is 7.11 Å². The standard InChI is InChI=1S/C28H37NO6S2/c1-4-5-6-19-23(17-9-10-29-14-17)15-36-37-26-8-7-20-21(13-25(34-3)28(33)27(20)32)22(26)11-18(31)12-24(19)35-16(2)30/h9-10,13-14,19,22-24,26,29,32-33H,4-8,11-12,15H2,1-3H3/t19-,22+,23+,24+,26-/m1/s1. The molecule has 202 valence electrons. The van der Waals surface area contributed by atoms with E-state index in [2.05, 4.69) is 18.0 Å². The summed E-state index contributed by atoms with van der Waals surface area (Å²) in [6.07, 6.45) is 8.21. The Morgan fingerprint density at radius 3 is 2.70 bits per heavy atom. The predicted molar refractivity (Wildman–Crippen MR) is 148 cm³/mol. The first-order valence-electron chi connectivity index (χ1n) is 13.1. The van der Waals surface area contributed by atoms with Crippen LogP contribution in [0.2, 0.25) is 0 Å². The topological polar surface area (TPSA) is 109 Å². The fourth-order valence-corrected chi connectivity index (χ4v) is 9.18. The van der Waals surface area contributed by atoms with Crippen LogP contribution in [0.1, 0.15) is 80.9 Å². The van der Waals surface area contributed by atoms with Crippen LogP contribution in [-0.2, 0) is 20.7 Å². The molecule has 4 rings (SSSR count). The number of Topliss-reactive ketones (excluding diaryl/α,β-unsaturated/α-hetero) is 1. The van der Waals surface area contributed by atoms with Gasteiger partial charge in [0.15, 0.2) is 11.5 Å². The van der Waals surface area contributed by atoms with Gasteiger partial charge < -0.3 is 24.7 Å². The lowest BCUT2D eigenvalue weighted by Crippen LogP contribution is -2.34. The van der Waals surface area contributed by atoms with Crippen molar-refractivity contribution in [2.75, 3.05) is 12.9 Å². The Morgan fingerprint density at radius 2 is 2.03 bits per heavy atom. The van der Waals surface area contributed by atoms with Crippen LogP contribution in [0.15, 0.2) is 24.5 Å². The van der Waals surface area contributed by atoms with Crippen molar-refractivity contribution >= 4 is 33.3 Å². The molecule has 7 nitrogen and oxygen atoms in total. The van der Waals surface area contributed by atoms with Gasteiger partial charge in [-0.25, -0.2) is 0 Å². The number of benzene rings is 1. The number of nitrogens with one attached hydrogen (secondary N) is 1. The van der Waals surface area contributed by atoms with Crippen LogP contribution in [0.4, 0.5) is 0 Å². The first-order chi connectivity index (χ1) is 17.8. The lowest BCUT2D eigenvalue weighted by Gasteiger charge is -2.33. The molecule has 1 fully saturated rings. The molecule has 2 aliphatic rings. The van der Waals surface area contributed by atoms with E-state index in [1.807, 2.05) is 23.2 Å². The zero-order valence-electron chi connectivity index (χ0n) is 21.7. The third-order valence-corrected chi connectivity index (χ3v) is 10.7. The number of ketones is 1. The van der Waals surface area contributed by atoms with Gasteiger partial charge in [0.25, 0.3) is 0 Å². The molecule has 2 aromatic rings. The second kappa shape index (κ2) is 12.5. The molecule has 37 heavy (non-hydrogen) atoms. The molecule has 0 radical (unpaired) electrons. The van der Waals surface area contributed by atoms with E-state index in [9.17, 15) is 19.8 Å². The molecule has 9 heteroatoms. The summed E-state index contributed by atoms with van der Waals surface area (Å²) < 4.78 is 11.2. The van der Waals surface area contributed by atoms with Crippen LogP contribution in [0.3, 0.4) is 0 Å². The molecular formula is C28H37NO6S2. The van der Waals surface area contributed by atoms with Gasteiger partial charge in [0, 0.05) is 66.5 Å². The molecule has 0 unspecified atom stereocenters. The van der Waals surface area contributed by atoms with Gasteiger partial charge in [-0.05, 0) is 42.5 Å². The number of unbranched alkanes of at least 4 members (excludes halogenated alkanes) is 1. The summed E-state index contributed by atoms with van der Waals surface area (Å²) in [6, 6.07) is 3.86. The fourth-order valence-electron chi connectivity index (χ4n) is 5.85. The SMILES string of the molecule is CCCC[C@H]1[C@@H](OC(C)=O)CC(=O)C[C@H]2c3cc(OC)c(O)c(O)c3CC[C@H]2SSC[C@H]1c1cc[nH]c1. The van der Waals surface area contributed by atoms with Gasteiger partial charge in [-0.15, -0.1) is 0 Å². The van der Waals surface area contributed by atoms with Gasteiger partial charge in [0.2, 0.25) is 5.75 Å². The van der Waals surface area contributed by atoms with E-state index in [4.69, 9.17) is 9.47 Å². The lowest BCUT2D eigenvalue weighted by atomic mass is 9.76. The minimum atomic E-state index is -0.496.